The van der Waals surface area contributed by atoms with Gasteiger partial charge in [0.05, 0.1) is 6.61 Å². The van der Waals surface area contributed by atoms with Crippen LogP contribution in [0.15, 0.2) is 109 Å². The van der Waals surface area contributed by atoms with Gasteiger partial charge in [-0.15, -0.1) is 0 Å². The highest BCUT2D eigenvalue weighted by molar-refractivity contribution is 5.70. The van der Waals surface area contributed by atoms with Crippen molar-refractivity contribution in [1.29, 1.82) is 0 Å². The Labute approximate surface area is 383 Å². The van der Waals surface area contributed by atoms with Gasteiger partial charge in [-0.1, -0.05) is 194 Å². The number of carbonyl (C=O) groups is 2. The van der Waals surface area contributed by atoms with Gasteiger partial charge in [0.2, 0.25) is 0 Å². The Morgan fingerprint density at radius 2 is 0.726 bits per heavy atom. The van der Waals surface area contributed by atoms with E-state index in [1.165, 1.54) is 44.9 Å². The van der Waals surface area contributed by atoms with Gasteiger partial charge in [0.15, 0.2) is 6.10 Å². The molecule has 0 aliphatic carbocycles. The summed E-state index contributed by atoms with van der Waals surface area (Å²) in [7, 11) is 0. The monoisotopic (exact) mass is 859 g/mol. The van der Waals surface area contributed by atoms with Gasteiger partial charge in [0, 0.05) is 19.4 Å². The molecule has 0 radical (unpaired) electrons. The van der Waals surface area contributed by atoms with Gasteiger partial charge in [-0.3, -0.25) is 9.59 Å². The van der Waals surface area contributed by atoms with Crippen LogP contribution in [0.5, 0.6) is 0 Å². The smallest absolute Gasteiger partial charge is 0.306 e. The Balaban J connectivity index is 4.37. The van der Waals surface area contributed by atoms with Crippen LogP contribution in [0.4, 0.5) is 0 Å². The third-order valence-electron chi connectivity index (χ3n) is 10.3. The summed E-state index contributed by atoms with van der Waals surface area (Å²) in [5, 5.41) is 0. The molecule has 0 aromatic carbocycles. The van der Waals surface area contributed by atoms with Crippen molar-refractivity contribution in [3.63, 3.8) is 0 Å². The molecule has 0 aliphatic rings. The first-order valence-electron chi connectivity index (χ1n) is 25.4. The predicted octanol–water partition coefficient (Wildman–Crippen LogP) is 17.2. The van der Waals surface area contributed by atoms with Gasteiger partial charge in [-0.25, -0.2) is 0 Å². The molecule has 0 aliphatic heterocycles. The van der Waals surface area contributed by atoms with E-state index >= 15 is 0 Å². The first kappa shape index (κ1) is 58.6. The zero-order chi connectivity index (χ0) is 44.9. The Bertz CT molecular complexity index is 1250. The van der Waals surface area contributed by atoms with Crippen LogP contribution in [0.1, 0.15) is 213 Å². The third-order valence-corrected chi connectivity index (χ3v) is 10.3. The van der Waals surface area contributed by atoms with E-state index in [4.69, 9.17) is 14.2 Å². The molecule has 0 fully saturated rings. The van der Waals surface area contributed by atoms with Crippen LogP contribution < -0.4 is 0 Å². The largest absolute Gasteiger partial charge is 0.462 e. The Hall–Kier alpha value is -3.44. The fraction of sp³-hybridized carbons (Fsp3) is 0.649. The third kappa shape index (κ3) is 49.2. The van der Waals surface area contributed by atoms with E-state index in [1.54, 1.807) is 0 Å². The lowest BCUT2D eigenvalue weighted by molar-refractivity contribution is -0.163. The van der Waals surface area contributed by atoms with Crippen molar-refractivity contribution in [1.82, 2.24) is 0 Å². The molecule has 0 rings (SSSR count). The highest BCUT2D eigenvalue weighted by Crippen LogP contribution is 2.13. The number of unbranched alkanes of at least 4 members (excludes halogenated alkanes) is 16. The molecule has 62 heavy (non-hydrogen) atoms. The summed E-state index contributed by atoms with van der Waals surface area (Å²) in [6.07, 6.45) is 71.0. The first-order chi connectivity index (χ1) is 30.6. The Kier molecular flexibility index (Phi) is 49.0. The van der Waals surface area contributed by atoms with Crippen molar-refractivity contribution >= 4 is 11.9 Å². The van der Waals surface area contributed by atoms with E-state index in [-0.39, 0.29) is 25.2 Å². The predicted molar refractivity (Wildman–Crippen MR) is 269 cm³/mol. The van der Waals surface area contributed by atoms with Crippen LogP contribution in [0.2, 0.25) is 0 Å². The second-order valence-corrected chi connectivity index (χ2v) is 16.3. The van der Waals surface area contributed by atoms with Crippen LogP contribution in [-0.4, -0.2) is 37.9 Å². The van der Waals surface area contributed by atoms with E-state index in [0.29, 0.717) is 19.4 Å². The minimum absolute atomic E-state index is 0.0549. The highest BCUT2D eigenvalue weighted by Gasteiger charge is 2.17. The van der Waals surface area contributed by atoms with Gasteiger partial charge in [0.1, 0.15) is 6.61 Å². The molecule has 0 amide bonds. The highest BCUT2D eigenvalue weighted by atomic mass is 16.6. The van der Waals surface area contributed by atoms with E-state index in [0.717, 1.165) is 135 Å². The number of esters is 2. The zero-order valence-electron chi connectivity index (χ0n) is 40.3. The van der Waals surface area contributed by atoms with Crippen LogP contribution >= 0.6 is 0 Å². The van der Waals surface area contributed by atoms with Crippen LogP contribution in [0, 0.1) is 0 Å². The molecular weight excluding hydrogens is 765 g/mol. The van der Waals surface area contributed by atoms with Crippen molar-refractivity contribution in [3.8, 4) is 0 Å². The summed E-state index contributed by atoms with van der Waals surface area (Å²) in [6.45, 7) is 7.43. The molecule has 5 heteroatoms. The average Bonchev–Trinajstić information content (AvgIpc) is 3.27. The van der Waals surface area contributed by atoms with Crippen molar-refractivity contribution < 1.29 is 23.8 Å². The average molecular weight is 859 g/mol. The quantitative estimate of drug-likeness (QED) is 0.0347. The summed E-state index contributed by atoms with van der Waals surface area (Å²) >= 11 is 0. The second kappa shape index (κ2) is 51.9. The molecule has 0 N–H and O–H groups in total. The molecule has 5 nitrogen and oxygen atoms in total. The lowest BCUT2D eigenvalue weighted by atomic mass is 10.1. The van der Waals surface area contributed by atoms with E-state index in [1.807, 2.05) is 0 Å². The first-order valence-corrected chi connectivity index (χ1v) is 25.4. The molecule has 0 aromatic heterocycles. The Morgan fingerprint density at radius 3 is 1.16 bits per heavy atom. The van der Waals surface area contributed by atoms with Crippen molar-refractivity contribution in [2.75, 3.05) is 19.8 Å². The van der Waals surface area contributed by atoms with Crippen molar-refractivity contribution in [2.45, 2.75) is 219 Å². The maximum Gasteiger partial charge on any atom is 0.306 e. The van der Waals surface area contributed by atoms with Gasteiger partial charge >= 0.3 is 11.9 Å². The summed E-state index contributed by atoms with van der Waals surface area (Å²) < 4.78 is 17.3. The number of ether oxygens (including phenoxy) is 3. The minimum atomic E-state index is -0.571. The molecule has 0 spiro atoms. The van der Waals surface area contributed by atoms with E-state index < -0.39 is 6.10 Å². The fourth-order valence-electron chi connectivity index (χ4n) is 6.55. The molecule has 1 atom stereocenters. The van der Waals surface area contributed by atoms with Crippen LogP contribution in [0.3, 0.4) is 0 Å². The fourth-order valence-corrected chi connectivity index (χ4v) is 6.55. The minimum Gasteiger partial charge on any atom is -0.462 e. The molecule has 0 bridgehead atoms. The number of hydrogen-bond donors (Lipinski definition) is 0. The van der Waals surface area contributed by atoms with E-state index in [2.05, 4.69) is 130 Å². The summed E-state index contributed by atoms with van der Waals surface area (Å²) in [4.78, 5) is 25.4. The van der Waals surface area contributed by atoms with Crippen molar-refractivity contribution in [2.24, 2.45) is 0 Å². The molecular formula is C57H94O5. The molecule has 1 unspecified atom stereocenters. The number of rotatable bonds is 45. The number of carbonyl (C=O) groups excluding carboxylic acids is 2. The summed E-state index contributed by atoms with van der Waals surface area (Å²) in [5.74, 6) is -0.449. The molecule has 0 saturated heterocycles. The summed E-state index contributed by atoms with van der Waals surface area (Å²) in [5.41, 5.74) is 0. The Morgan fingerprint density at radius 1 is 0.371 bits per heavy atom. The summed E-state index contributed by atoms with van der Waals surface area (Å²) in [6, 6.07) is 0. The SMILES string of the molecule is CC/C=C\C/C=C\C/C=C\C/C=C\CCCCCOCC(COC(=O)CCCCCCCCC/C=C\C/C=C\C/C=C\CC)OC(=O)CCCCCCC/C=C\C/C=C\CCC. The second-order valence-electron chi connectivity index (χ2n) is 16.3. The standard InChI is InChI=1S/C57H94O5/c1-4-7-10-13-16-19-22-25-27-29-30-33-35-38-41-44-47-50-56(58)61-54-55(62-57(59)51-48-45-42-39-36-32-24-21-18-15-12-9-6-3)53-60-52-49-46-43-40-37-34-31-28-26-23-20-17-14-11-8-5-2/h7-8,10-12,15-17,19-21,24-28,34,37,55H,4-6,9,13-14,18,22-23,29-33,35-36,38-54H2,1-3H3/b10-7-,11-8-,15-12-,19-16-,20-17-,24-21-,27-25-,28-26-,37-34-. The lowest BCUT2D eigenvalue weighted by Gasteiger charge is -2.18. The normalized spacial score (nSPS) is 13.1. The van der Waals surface area contributed by atoms with Crippen LogP contribution in [0.25, 0.3) is 0 Å². The zero-order valence-corrected chi connectivity index (χ0v) is 40.3. The lowest BCUT2D eigenvalue weighted by Crippen LogP contribution is -2.30. The topological polar surface area (TPSA) is 61.8 Å². The maximum absolute atomic E-state index is 12.8. The molecule has 0 heterocycles. The van der Waals surface area contributed by atoms with E-state index in [9.17, 15) is 9.59 Å². The van der Waals surface area contributed by atoms with Gasteiger partial charge < -0.3 is 14.2 Å². The van der Waals surface area contributed by atoms with Crippen LogP contribution in [-0.2, 0) is 23.8 Å². The van der Waals surface area contributed by atoms with Crippen molar-refractivity contribution in [3.05, 3.63) is 109 Å². The molecule has 0 aromatic rings. The molecule has 0 saturated carbocycles. The van der Waals surface area contributed by atoms with Gasteiger partial charge in [0.25, 0.3) is 0 Å². The van der Waals surface area contributed by atoms with Gasteiger partial charge in [-0.2, -0.15) is 0 Å². The van der Waals surface area contributed by atoms with Gasteiger partial charge in [-0.05, 0) is 116 Å². The number of hydrogen-bond acceptors (Lipinski definition) is 5. The maximum atomic E-state index is 12.8. The number of allylic oxidation sites excluding steroid dienone is 18. The molecule has 352 valence electrons.